The van der Waals surface area contributed by atoms with E-state index >= 15 is 0 Å². The summed E-state index contributed by atoms with van der Waals surface area (Å²) in [7, 11) is 0. The Hall–Kier alpha value is -2.88. The predicted molar refractivity (Wildman–Crippen MR) is 88.3 cm³/mol. The summed E-state index contributed by atoms with van der Waals surface area (Å²) >= 11 is 0. The van der Waals surface area contributed by atoms with E-state index < -0.39 is 10.6 Å². The highest BCUT2D eigenvalue weighted by atomic mass is 16.7. The molecular formula is C14H20N6O4. The van der Waals surface area contributed by atoms with Crippen LogP contribution in [0.4, 0.5) is 5.69 Å². The number of hydroxylamine groups is 2. The Kier molecular flexibility index (Phi) is 5.19. The van der Waals surface area contributed by atoms with Gasteiger partial charge in [0.15, 0.2) is 5.66 Å². The van der Waals surface area contributed by atoms with E-state index in [4.69, 9.17) is 21.0 Å². The Morgan fingerprint density at radius 3 is 2.50 bits per heavy atom. The lowest BCUT2D eigenvalue weighted by Crippen LogP contribution is -2.53. The first-order valence-electron chi connectivity index (χ1n) is 7.29. The van der Waals surface area contributed by atoms with E-state index in [-0.39, 0.29) is 17.6 Å². The summed E-state index contributed by atoms with van der Waals surface area (Å²) in [6, 6.07) is 5.88. The number of guanidine groups is 2. The van der Waals surface area contributed by atoms with Crippen molar-refractivity contribution in [2.45, 2.75) is 25.9 Å². The Balaban J connectivity index is 1.75. The average molecular weight is 336 g/mol. The molecule has 0 amide bonds. The van der Waals surface area contributed by atoms with Crippen LogP contribution in [0, 0.1) is 10.1 Å². The highest BCUT2D eigenvalue weighted by molar-refractivity contribution is 5.95. The summed E-state index contributed by atoms with van der Waals surface area (Å²) in [4.78, 5) is 23.7. The fraction of sp³-hybridized carbons (Fsp3) is 0.429. The molecule has 2 rings (SSSR count). The molecule has 0 aliphatic carbocycles. The molecule has 24 heavy (non-hydrogen) atoms. The monoisotopic (exact) mass is 336 g/mol. The second kappa shape index (κ2) is 7.13. The van der Waals surface area contributed by atoms with Crippen LogP contribution in [-0.2, 0) is 4.84 Å². The zero-order valence-electron chi connectivity index (χ0n) is 13.5. The number of rotatable bonds is 7. The zero-order chi connectivity index (χ0) is 17.7. The number of ether oxygens (including phenoxy) is 1. The molecule has 0 unspecified atom stereocenters. The number of nitrogens with zero attached hydrogens (tertiary/aromatic N) is 4. The van der Waals surface area contributed by atoms with Gasteiger partial charge < -0.3 is 16.2 Å². The van der Waals surface area contributed by atoms with Gasteiger partial charge in [0.05, 0.1) is 18.1 Å². The summed E-state index contributed by atoms with van der Waals surface area (Å²) in [6.45, 7) is 4.32. The van der Waals surface area contributed by atoms with Crippen LogP contribution in [0.1, 0.15) is 20.3 Å². The molecule has 0 fully saturated rings. The van der Waals surface area contributed by atoms with Gasteiger partial charge in [0.2, 0.25) is 11.9 Å². The summed E-state index contributed by atoms with van der Waals surface area (Å²) in [6.07, 6.45) is 0.579. The molecule has 130 valence electrons. The van der Waals surface area contributed by atoms with Gasteiger partial charge in [0.1, 0.15) is 5.75 Å². The van der Waals surface area contributed by atoms with E-state index in [1.165, 1.54) is 17.2 Å². The molecule has 10 heteroatoms. The van der Waals surface area contributed by atoms with Crippen molar-refractivity contribution in [1.29, 1.82) is 0 Å². The summed E-state index contributed by atoms with van der Waals surface area (Å²) < 4.78 is 5.50. The largest absolute Gasteiger partial charge is 0.493 e. The summed E-state index contributed by atoms with van der Waals surface area (Å²) in [5.74, 6) is 0.806. The van der Waals surface area contributed by atoms with Gasteiger partial charge >= 0.3 is 0 Å². The van der Waals surface area contributed by atoms with Crippen LogP contribution in [0.5, 0.6) is 5.75 Å². The Morgan fingerprint density at radius 1 is 1.25 bits per heavy atom. The number of nitrogens with two attached hydrogens (primary N) is 2. The van der Waals surface area contributed by atoms with E-state index in [1.54, 1.807) is 26.0 Å². The van der Waals surface area contributed by atoms with Gasteiger partial charge in [-0.3, -0.25) is 15.0 Å². The number of non-ortho nitro benzene ring substituents is 1. The Labute approximate surface area is 138 Å². The quantitative estimate of drug-likeness (QED) is 0.429. The first-order valence-corrected chi connectivity index (χ1v) is 7.29. The van der Waals surface area contributed by atoms with E-state index in [1.807, 2.05) is 0 Å². The van der Waals surface area contributed by atoms with E-state index in [0.717, 1.165) is 0 Å². The van der Waals surface area contributed by atoms with E-state index in [0.29, 0.717) is 25.4 Å². The Bertz CT molecular complexity index is 656. The smallest absolute Gasteiger partial charge is 0.269 e. The molecule has 0 saturated heterocycles. The van der Waals surface area contributed by atoms with Gasteiger partial charge in [-0.05, 0) is 26.0 Å². The van der Waals surface area contributed by atoms with Crippen LogP contribution in [0.3, 0.4) is 0 Å². The number of nitro benzene ring substituents is 1. The maximum absolute atomic E-state index is 10.6. The molecule has 1 aromatic carbocycles. The number of nitro groups is 1. The number of hydrogen-bond donors (Lipinski definition) is 2. The fourth-order valence-corrected chi connectivity index (χ4v) is 2.09. The van der Waals surface area contributed by atoms with Crippen molar-refractivity contribution < 1.29 is 14.5 Å². The minimum Gasteiger partial charge on any atom is -0.493 e. The number of benzene rings is 1. The third-order valence-electron chi connectivity index (χ3n) is 3.15. The maximum Gasteiger partial charge on any atom is 0.269 e. The van der Waals surface area contributed by atoms with E-state index in [9.17, 15) is 10.1 Å². The van der Waals surface area contributed by atoms with Crippen molar-refractivity contribution in [3.63, 3.8) is 0 Å². The molecule has 0 bridgehead atoms. The van der Waals surface area contributed by atoms with Gasteiger partial charge in [-0.15, -0.1) is 0 Å². The van der Waals surface area contributed by atoms with Crippen LogP contribution >= 0.6 is 0 Å². The molecule has 0 atom stereocenters. The van der Waals surface area contributed by atoms with Crippen LogP contribution < -0.4 is 16.2 Å². The van der Waals surface area contributed by atoms with Gasteiger partial charge in [0.25, 0.3) is 5.69 Å². The van der Waals surface area contributed by atoms with Crippen molar-refractivity contribution in [2.75, 3.05) is 13.2 Å². The third kappa shape index (κ3) is 4.32. The van der Waals surface area contributed by atoms with Crippen molar-refractivity contribution in [2.24, 2.45) is 21.5 Å². The van der Waals surface area contributed by atoms with Crippen LogP contribution in [0.15, 0.2) is 34.3 Å². The zero-order valence-corrected chi connectivity index (χ0v) is 13.5. The average Bonchev–Trinajstić information content (AvgIpc) is 2.48. The lowest BCUT2D eigenvalue weighted by molar-refractivity contribution is -0.384. The molecule has 0 aromatic heterocycles. The van der Waals surface area contributed by atoms with Crippen LogP contribution in [0.25, 0.3) is 0 Å². The molecule has 0 radical (unpaired) electrons. The molecular weight excluding hydrogens is 316 g/mol. The lowest BCUT2D eigenvalue weighted by Gasteiger charge is -2.36. The molecule has 1 aliphatic heterocycles. The normalized spacial score (nSPS) is 16.3. The van der Waals surface area contributed by atoms with E-state index in [2.05, 4.69) is 9.98 Å². The van der Waals surface area contributed by atoms with Gasteiger partial charge in [0, 0.05) is 18.6 Å². The van der Waals surface area contributed by atoms with Crippen LogP contribution in [-0.4, -0.2) is 40.8 Å². The summed E-state index contributed by atoms with van der Waals surface area (Å²) in [5, 5.41) is 12.0. The number of aliphatic imine (C=N–C) groups is 2. The number of hydrogen-bond acceptors (Lipinski definition) is 9. The minimum atomic E-state index is -0.741. The van der Waals surface area contributed by atoms with Gasteiger partial charge in [-0.1, -0.05) is 0 Å². The molecule has 1 aromatic rings. The van der Waals surface area contributed by atoms with Crippen molar-refractivity contribution in [1.82, 2.24) is 5.06 Å². The summed E-state index contributed by atoms with van der Waals surface area (Å²) in [5.41, 5.74) is 10.6. The maximum atomic E-state index is 10.6. The fourth-order valence-electron chi connectivity index (χ4n) is 2.09. The van der Waals surface area contributed by atoms with Crippen molar-refractivity contribution in [3.05, 3.63) is 34.4 Å². The molecule has 4 N–H and O–H groups in total. The lowest BCUT2D eigenvalue weighted by atomic mass is 10.2. The third-order valence-corrected chi connectivity index (χ3v) is 3.15. The highest BCUT2D eigenvalue weighted by Crippen LogP contribution is 2.20. The second-order valence-corrected chi connectivity index (χ2v) is 5.52. The first-order chi connectivity index (χ1) is 11.3. The molecule has 1 aliphatic rings. The SMILES string of the molecule is CC1(C)N=C(N)N=C(N)N1OCCCOc1ccc([N+](=O)[O-])cc1. The second-order valence-electron chi connectivity index (χ2n) is 5.52. The Morgan fingerprint density at radius 2 is 1.92 bits per heavy atom. The minimum absolute atomic E-state index is 0.0209. The van der Waals surface area contributed by atoms with Crippen LogP contribution in [0.2, 0.25) is 0 Å². The highest BCUT2D eigenvalue weighted by Gasteiger charge is 2.32. The molecule has 0 saturated carbocycles. The van der Waals surface area contributed by atoms with Crippen molar-refractivity contribution >= 4 is 17.6 Å². The predicted octanol–water partition coefficient (Wildman–Crippen LogP) is 0.976. The molecule has 10 nitrogen and oxygen atoms in total. The standard InChI is InChI=1S/C14H20N6O4/c1-14(2)18-12(15)17-13(16)19(14)24-9-3-8-23-11-6-4-10(5-7-11)20(21)22/h4-7H,3,8-9H2,1-2H3,(H4,15,16,17,18). The van der Waals surface area contributed by atoms with Gasteiger partial charge in [-0.25, -0.2) is 4.99 Å². The first kappa shape index (κ1) is 17.5. The molecule has 0 spiro atoms. The van der Waals surface area contributed by atoms with Crippen molar-refractivity contribution in [3.8, 4) is 5.75 Å². The molecule has 1 heterocycles. The topological polar surface area (TPSA) is 142 Å². The van der Waals surface area contributed by atoms with Gasteiger partial charge in [-0.2, -0.15) is 10.1 Å².